The van der Waals surface area contributed by atoms with Gasteiger partial charge in [0.2, 0.25) is 0 Å². The van der Waals surface area contributed by atoms with Crippen molar-refractivity contribution in [1.82, 2.24) is 9.99 Å². The smallest absolute Gasteiger partial charge is 0.191 e. The molecule has 0 amide bonds. The molecule has 0 aliphatic rings. The Hall–Kier alpha value is -2.92. The summed E-state index contributed by atoms with van der Waals surface area (Å²) in [6.45, 7) is 7.22. The van der Waals surface area contributed by atoms with Crippen LogP contribution in [0.15, 0.2) is 65.9 Å². The van der Waals surface area contributed by atoms with Crippen LogP contribution in [0.3, 0.4) is 0 Å². The molecule has 0 radical (unpaired) electrons. The first-order chi connectivity index (χ1) is 14.1. The highest BCUT2D eigenvalue weighted by molar-refractivity contribution is 7.80. The molecule has 0 bridgehead atoms. The van der Waals surface area contributed by atoms with E-state index in [9.17, 15) is 0 Å². The van der Waals surface area contributed by atoms with Crippen LogP contribution in [0.2, 0.25) is 0 Å². The van der Waals surface area contributed by atoms with Crippen LogP contribution < -0.4 is 10.7 Å². The van der Waals surface area contributed by atoms with Crippen molar-refractivity contribution in [3.05, 3.63) is 88.7 Å². The Morgan fingerprint density at radius 2 is 1.76 bits per heavy atom. The number of nitrogens with one attached hydrogen (secondary N) is 2. The van der Waals surface area contributed by atoms with Crippen molar-refractivity contribution < 1.29 is 0 Å². The molecule has 29 heavy (non-hydrogen) atoms. The van der Waals surface area contributed by atoms with Crippen LogP contribution in [0, 0.1) is 6.92 Å². The van der Waals surface area contributed by atoms with Crippen LogP contribution in [-0.2, 0) is 19.4 Å². The van der Waals surface area contributed by atoms with Crippen molar-refractivity contribution in [2.24, 2.45) is 5.10 Å². The average Bonchev–Trinajstić information content (AvgIpc) is 3.15. The van der Waals surface area contributed by atoms with Crippen LogP contribution >= 0.6 is 12.2 Å². The summed E-state index contributed by atoms with van der Waals surface area (Å²) < 4.78 is 2.16. The second kappa shape index (κ2) is 10.0. The minimum Gasteiger partial charge on any atom is -0.342 e. The number of hydrogen-bond donors (Lipinski definition) is 2. The number of para-hydroxylation sites is 1. The van der Waals surface area contributed by atoms with E-state index in [2.05, 4.69) is 89.8 Å². The number of anilines is 1. The average molecular weight is 405 g/mol. The van der Waals surface area contributed by atoms with E-state index >= 15 is 0 Å². The zero-order valence-corrected chi connectivity index (χ0v) is 18.1. The van der Waals surface area contributed by atoms with Crippen LogP contribution in [-0.4, -0.2) is 15.9 Å². The summed E-state index contributed by atoms with van der Waals surface area (Å²) in [6.07, 6.45) is 5.77. The minimum absolute atomic E-state index is 0.494. The molecule has 0 aliphatic heterocycles. The number of hydrogen-bond acceptors (Lipinski definition) is 2. The summed E-state index contributed by atoms with van der Waals surface area (Å²) in [4.78, 5) is 0. The molecule has 2 aromatic carbocycles. The SMILES string of the molecule is CCc1cccc(CC)c1NC(=S)N/N=C\c1cccn1Cc1cccc(C)c1. The Kier molecular flexibility index (Phi) is 7.19. The molecule has 0 saturated carbocycles. The van der Waals surface area contributed by atoms with Crippen LogP contribution in [0.4, 0.5) is 5.69 Å². The van der Waals surface area contributed by atoms with E-state index in [0.29, 0.717) is 5.11 Å². The Labute approximate surface area is 178 Å². The molecule has 150 valence electrons. The number of benzene rings is 2. The lowest BCUT2D eigenvalue weighted by Crippen LogP contribution is -2.25. The molecule has 1 heterocycles. The van der Waals surface area contributed by atoms with E-state index in [4.69, 9.17) is 12.2 Å². The molecule has 0 unspecified atom stereocenters. The second-order valence-corrected chi connectivity index (χ2v) is 7.44. The summed E-state index contributed by atoms with van der Waals surface area (Å²) >= 11 is 5.46. The Balaban J connectivity index is 1.64. The molecule has 0 aliphatic carbocycles. The lowest BCUT2D eigenvalue weighted by Gasteiger charge is -2.15. The molecule has 0 spiro atoms. The highest BCUT2D eigenvalue weighted by Crippen LogP contribution is 2.22. The van der Waals surface area contributed by atoms with Crippen LogP contribution in [0.1, 0.15) is 41.8 Å². The molecule has 3 aromatic rings. The van der Waals surface area contributed by atoms with Gasteiger partial charge in [-0.25, -0.2) is 0 Å². The van der Waals surface area contributed by atoms with E-state index in [0.717, 1.165) is 30.8 Å². The fraction of sp³-hybridized carbons (Fsp3) is 0.250. The predicted molar refractivity (Wildman–Crippen MR) is 127 cm³/mol. The highest BCUT2D eigenvalue weighted by atomic mass is 32.1. The zero-order chi connectivity index (χ0) is 20.6. The molecule has 0 saturated heterocycles. The van der Waals surface area contributed by atoms with Crippen molar-refractivity contribution in [3.63, 3.8) is 0 Å². The number of thiocarbonyl (C=S) groups is 1. The maximum absolute atomic E-state index is 5.46. The van der Waals surface area contributed by atoms with E-state index in [1.54, 1.807) is 6.21 Å². The minimum atomic E-state index is 0.494. The van der Waals surface area contributed by atoms with Gasteiger partial charge in [0, 0.05) is 18.4 Å². The molecule has 0 fully saturated rings. The molecule has 1 aromatic heterocycles. The van der Waals surface area contributed by atoms with Gasteiger partial charge in [0.25, 0.3) is 0 Å². The lowest BCUT2D eigenvalue weighted by atomic mass is 10.0. The fourth-order valence-electron chi connectivity index (χ4n) is 3.40. The lowest BCUT2D eigenvalue weighted by molar-refractivity contribution is 0.798. The number of hydrazone groups is 1. The summed E-state index contributed by atoms with van der Waals surface area (Å²) in [5.74, 6) is 0. The molecule has 5 heteroatoms. The van der Waals surface area contributed by atoms with Crippen LogP contribution in [0.5, 0.6) is 0 Å². The van der Waals surface area contributed by atoms with E-state index in [1.807, 2.05) is 12.1 Å². The number of nitrogens with zero attached hydrogens (tertiary/aromatic N) is 2. The van der Waals surface area contributed by atoms with E-state index in [1.165, 1.54) is 22.3 Å². The third kappa shape index (κ3) is 5.55. The molecular formula is C24H28N4S. The van der Waals surface area contributed by atoms with E-state index < -0.39 is 0 Å². The Morgan fingerprint density at radius 1 is 1.03 bits per heavy atom. The van der Waals surface area contributed by atoms with E-state index in [-0.39, 0.29) is 0 Å². The van der Waals surface area contributed by atoms with Crippen molar-refractivity contribution in [2.45, 2.75) is 40.2 Å². The van der Waals surface area contributed by atoms with Crippen LogP contribution in [0.25, 0.3) is 0 Å². The monoisotopic (exact) mass is 404 g/mol. The van der Waals surface area contributed by atoms with Gasteiger partial charge >= 0.3 is 0 Å². The van der Waals surface area contributed by atoms with Gasteiger partial charge in [-0.05, 0) is 60.8 Å². The van der Waals surface area contributed by atoms with Crippen molar-refractivity contribution in [1.29, 1.82) is 0 Å². The Morgan fingerprint density at radius 3 is 2.45 bits per heavy atom. The second-order valence-electron chi connectivity index (χ2n) is 7.03. The molecule has 3 rings (SSSR count). The van der Waals surface area contributed by atoms with Gasteiger partial charge in [-0.3, -0.25) is 5.43 Å². The van der Waals surface area contributed by atoms with Crippen molar-refractivity contribution >= 4 is 29.2 Å². The Bertz CT molecular complexity index is 981. The third-order valence-corrected chi connectivity index (χ3v) is 5.09. The van der Waals surface area contributed by atoms with Gasteiger partial charge in [-0.15, -0.1) is 0 Å². The topological polar surface area (TPSA) is 41.4 Å². The zero-order valence-electron chi connectivity index (χ0n) is 17.3. The number of aromatic nitrogens is 1. The maximum atomic E-state index is 5.46. The molecule has 0 atom stereocenters. The summed E-state index contributed by atoms with van der Waals surface area (Å²) in [5.41, 5.74) is 10.1. The van der Waals surface area contributed by atoms with Crippen molar-refractivity contribution in [3.8, 4) is 0 Å². The van der Waals surface area contributed by atoms with Gasteiger partial charge in [0.1, 0.15) is 0 Å². The summed E-state index contributed by atoms with van der Waals surface area (Å²) in [6, 6.07) is 19.0. The number of aryl methyl sites for hydroxylation is 3. The first-order valence-corrected chi connectivity index (χ1v) is 10.4. The maximum Gasteiger partial charge on any atom is 0.191 e. The van der Waals surface area contributed by atoms with Crippen molar-refractivity contribution in [2.75, 3.05) is 5.32 Å². The molecule has 4 nitrogen and oxygen atoms in total. The predicted octanol–water partition coefficient (Wildman–Crippen LogP) is 5.29. The highest BCUT2D eigenvalue weighted by Gasteiger charge is 2.07. The molecular weight excluding hydrogens is 376 g/mol. The van der Waals surface area contributed by atoms with Gasteiger partial charge in [-0.2, -0.15) is 5.10 Å². The molecule has 2 N–H and O–H groups in total. The largest absolute Gasteiger partial charge is 0.342 e. The standard InChI is InChI=1S/C24H28N4S/c1-4-20-11-7-12-21(5-2)23(20)26-24(29)27-25-16-22-13-8-14-28(22)17-19-10-6-9-18(3)15-19/h6-16H,4-5,17H2,1-3H3,(H2,26,27,29)/b25-16-. The summed E-state index contributed by atoms with van der Waals surface area (Å²) in [5, 5.41) is 8.16. The number of rotatable bonds is 7. The van der Waals surface area contributed by atoms with Gasteiger partial charge < -0.3 is 9.88 Å². The summed E-state index contributed by atoms with van der Waals surface area (Å²) in [7, 11) is 0. The van der Waals surface area contributed by atoms with Gasteiger partial charge in [0.05, 0.1) is 11.9 Å². The quantitative estimate of drug-likeness (QED) is 0.319. The third-order valence-electron chi connectivity index (χ3n) is 4.90. The normalized spacial score (nSPS) is 11.0. The van der Waals surface area contributed by atoms with Gasteiger partial charge in [-0.1, -0.05) is 61.9 Å². The fourth-order valence-corrected chi connectivity index (χ4v) is 3.55. The van der Waals surface area contributed by atoms with Gasteiger partial charge in [0.15, 0.2) is 5.11 Å². The first-order valence-electron chi connectivity index (χ1n) is 10.0. The first kappa shape index (κ1) is 20.8.